The lowest BCUT2D eigenvalue weighted by Gasteiger charge is -2.31. The molecule has 32 heavy (non-hydrogen) atoms. The summed E-state index contributed by atoms with van der Waals surface area (Å²) in [4.78, 5) is 27.8. The molecule has 0 spiro atoms. The minimum atomic E-state index is -0.690. The molecule has 3 rings (SSSR count). The Morgan fingerprint density at radius 2 is 1.66 bits per heavy atom. The molecule has 3 aromatic rings. The van der Waals surface area contributed by atoms with Gasteiger partial charge in [0.1, 0.15) is 11.8 Å². The maximum Gasteiger partial charge on any atom is 0.261 e. The van der Waals surface area contributed by atoms with Crippen molar-refractivity contribution in [2.75, 3.05) is 13.7 Å². The highest BCUT2D eigenvalue weighted by atomic mass is 35.5. The number of aryl methyl sites for hydroxylation is 1. The van der Waals surface area contributed by atoms with E-state index in [0.29, 0.717) is 17.2 Å². The van der Waals surface area contributed by atoms with Crippen LogP contribution in [0.1, 0.15) is 16.7 Å². The molecule has 0 saturated carbocycles. The average Bonchev–Trinajstić information content (AvgIpc) is 2.81. The van der Waals surface area contributed by atoms with E-state index in [1.54, 1.807) is 36.2 Å². The van der Waals surface area contributed by atoms with E-state index < -0.39 is 6.04 Å². The number of halogens is 1. The van der Waals surface area contributed by atoms with Crippen LogP contribution in [0.15, 0.2) is 78.9 Å². The lowest BCUT2D eigenvalue weighted by molar-refractivity contribution is -0.142. The largest absolute Gasteiger partial charge is 0.482 e. The Morgan fingerprint density at radius 3 is 2.34 bits per heavy atom. The number of benzene rings is 3. The number of rotatable bonds is 9. The van der Waals surface area contributed by atoms with Crippen molar-refractivity contribution in [1.82, 2.24) is 10.2 Å². The highest BCUT2D eigenvalue weighted by Crippen LogP contribution is 2.23. The van der Waals surface area contributed by atoms with Crippen LogP contribution in [0.4, 0.5) is 0 Å². The molecule has 1 N–H and O–H groups in total. The van der Waals surface area contributed by atoms with Crippen LogP contribution in [-0.2, 0) is 22.6 Å². The van der Waals surface area contributed by atoms with Crippen molar-refractivity contribution in [2.24, 2.45) is 0 Å². The van der Waals surface area contributed by atoms with Crippen molar-refractivity contribution >= 4 is 23.4 Å². The zero-order valence-corrected chi connectivity index (χ0v) is 19.0. The fourth-order valence-corrected chi connectivity index (χ4v) is 3.70. The van der Waals surface area contributed by atoms with Crippen molar-refractivity contribution < 1.29 is 14.3 Å². The van der Waals surface area contributed by atoms with Crippen LogP contribution in [0.3, 0.4) is 0 Å². The number of likely N-dealkylation sites (N-methyl/N-ethyl adjacent to an activating group) is 1. The predicted octanol–water partition coefficient (Wildman–Crippen LogP) is 4.41. The van der Waals surface area contributed by atoms with E-state index in [9.17, 15) is 9.59 Å². The van der Waals surface area contributed by atoms with Crippen molar-refractivity contribution in [3.63, 3.8) is 0 Å². The molecule has 0 saturated heterocycles. The Bertz CT molecular complexity index is 1060. The van der Waals surface area contributed by atoms with E-state index in [2.05, 4.69) is 5.32 Å². The Labute approximate surface area is 194 Å². The van der Waals surface area contributed by atoms with Gasteiger partial charge in [0, 0.05) is 20.0 Å². The van der Waals surface area contributed by atoms with E-state index in [1.807, 2.05) is 61.5 Å². The lowest BCUT2D eigenvalue weighted by atomic mass is 10.0. The van der Waals surface area contributed by atoms with Crippen LogP contribution in [0, 0.1) is 6.92 Å². The zero-order valence-electron chi connectivity index (χ0n) is 18.3. The predicted molar refractivity (Wildman–Crippen MR) is 127 cm³/mol. The molecule has 0 aliphatic heterocycles. The lowest BCUT2D eigenvalue weighted by Crippen LogP contribution is -2.51. The Hall–Kier alpha value is -3.31. The zero-order chi connectivity index (χ0) is 22.9. The van der Waals surface area contributed by atoms with Crippen molar-refractivity contribution in [3.05, 3.63) is 101 Å². The third kappa shape index (κ3) is 6.34. The molecule has 0 aliphatic carbocycles. The topological polar surface area (TPSA) is 58.6 Å². The molecular formula is C26H27ClN2O3. The van der Waals surface area contributed by atoms with Crippen LogP contribution in [0.2, 0.25) is 5.02 Å². The smallest absolute Gasteiger partial charge is 0.261 e. The molecule has 0 radical (unpaired) electrons. The molecule has 0 heterocycles. The first-order valence-electron chi connectivity index (χ1n) is 10.5. The number of amides is 2. The number of carbonyl (C=O) groups excluding carboxylic acids is 2. The Morgan fingerprint density at radius 1 is 0.969 bits per heavy atom. The van der Waals surface area contributed by atoms with Crippen LogP contribution in [0.5, 0.6) is 5.75 Å². The molecule has 0 fully saturated rings. The van der Waals surface area contributed by atoms with E-state index in [1.165, 1.54) is 0 Å². The van der Waals surface area contributed by atoms with Gasteiger partial charge in [0.2, 0.25) is 5.91 Å². The Balaban J connectivity index is 1.88. The summed E-state index contributed by atoms with van der Waals surface area (Å²) < 4.78 is 5.70. The van der Waals surface area contributed by atoms with Gasteiger partial charge in [-0.15, -0.1) is 0 Å². The minimum Gasteiger partial charge on any atom is -0.482 e. The van der Waals surface area contributed by atoms with E-state index >= 15 is 0 Å². The highest BCUT2D eigenvalue weighted by molar-refractivity contribution is 6.32. The summed E-state index contributed by atoms with van der Waals surface area (Å²) in [7, 11) is 1.58. The van der Waals surface area contributed by atoms with Gasteiger partial charge < -0.3 is 15.0 Å². The standard InChI is InChI=1S/C26H27ClN2O3/c1-19-9-8-12-21(15-19)17-29(25(30)18-32-24-14-7-6-13-22(24)27)23(26(31)28-2)16-20-10-4-3-5-11-20/h3-15,23H,16-18H2,1-2H3,(H,28,31)/t23-/m1/s1. The van der Waals surface area contributed by atoms with Crippen molar-refractivity contribution in [3.8, 4) is 5.75 Å². The van der Waals surface area contributed by atoms with Crippen molar-refractivity contribution in [1.29, 1.82) is 0 Å². The monoisotopic (exact) mass is 450 g/mol. The number of ether oxygens (including phenoxy) is 1. The van der Waals surface area contributed by atoms with Gasteiger partial charge in [-0.3, -0.25) is 9.59 Å². The minimum absolute atomic E-state index is 0.224. The second kappa shape index (κ2) is 11.3. The highest BCUT2D eigenvalue weighted by Gasteiger charge is 2.30. The average molecular weight is 451 g/mol. The first-order valence-corrected chi connectivity index (χ1v) is 10.8. The SMILES string of the molecule is CNC(=O)[C@@H](Cc1ccccc1)N(Cc1cccc(C)c1)C(=O)COc1ccccc1Cl. The molecule has 0 unspecified atom stereocenters. The van der Waals surface area contributed by atoms with Crippen LogP contribution in [-0.4, -0.2) is 36.4 Å². The third-order valence-corrected chi connectivity index (χ3v) is 5.45. The first kappa shape index (κ1) is 23.4. The van der Waals surface area contributed by atoms with Gasteiger partial charge in [-0.05, 0) is 30.2 Å². The molecular weight excluding hydrogens is 424 g/mol. The normalized spacial score (nSPS) is 11.5. The molecule has 1 atom stereocenters. The molecule has 2 amide bonds. The molecule has 5 nitrogen and oxygen atoms in total. The molecule has 166 valence electrons. The number of hydrogen-bond acceptors (Lipinski definition) is 3. The summed E-state index contributed by atoms with van der Waals surface area (Å²) in [6, 6.07) is 23.9. The van der Waals surface area contributed by atoms with Gasteiger partial charge in [-0.1, -0.05) is 83.9 Å². The third-order valence-electron chi connectivity index (χ3n) is 5.14. The number of hydrogen-bond donors (Lipinski definition) is 1. The van der Waals surface area contributed by atoms with Gasteiger partial charge >= 0.3 is 0 Å². The van der Waals surface area contributed by atoms with Gasteiger partial charge in [0.15, 0.2) is 6.61 Å². The molecule has 6 heteroatoms. The van der Waals surface area contributed by atoms with Gasteiger partial charge in [0.05, 0.1) is 5.02 Å². The van der Waals surface area contributed by atoms with Gasteiger partial charge in [-0.2, -0.15) is 0 Å². The van der Waals surface area contributed by atoms with Crippen LogP contribution >= 0.6 is 11.6 Å². The van der Waals surface area contributed by atoms with E-state index in [-0.39, 0.29) is 25.0 Å². The van der Waals surface area contributed by atoms with E-state index in [0.717, 1.165) is 16.7 Å². The fraction of sp³-hybridized carbons (Fsp3) is 0.231. The second-order valence-corrected chi connectivity index (χ2v) is 7.96. The van der Waals surface area contributed by atoms with Gasteiger partial charge in [0.25, 0.3) is 5.91 Å². The Kier molecular flexibility index (Phi) is 8.28. The number of nitrogens with one attached hydrogen (secondary N) is 1. The van der Waals surface area contributed by atoms with Gasteiger partial charge in [-0.25, -0.2) is 0 Å². The fourth-order valence-electron chi connectivity index (χ4n) is 3.51. The van der Waals surface area contributed by atoms with E-state index in [4.69, 9.17) is 16.3 Å². The molecule has 0 bridgehead atoms. The quantitative estimate of drug-likeness (QED) is 0.525. The molecule has 0 aliphatic rings. The summed E-state index contributed by atoms with van der Waals surface area (Å²) in [6.07, 6.45) is 0.393. The summed E-state index contributed by atoms with van der Waals surface area (Å²) in [5.74, 6) is -0.0962. The second-order valence-electron chi connectivity index (χ2n) is 7.55. The number of para-hydroxylation sites is 1. The summed E-state index contributed by atoms with van der Waals surface area (Å²) in [5.41, 5.74) is 3.00. The number of nitrogens with zero attached hydrogens (tertiary/aromatic N) is 1. The summed E-state index contributed by atoms with van der Waals surface area (Å²) in [5, 5.41) is 3.13. The maximum absolute atomic E-state index is 13.3. The molecule has 0 aromatic heterocycles. The maximum atomic E-state index is 13.3. The van der Waals surface area contributed by atoms with Crippen LogP contribution in [0.25, 0.3) is 0 Å². The number of carbonyl (C=O) groups is 2. The summed E-state index contributed by atoms with van der Waals surface area (Å²) >= 11 is 6.16. The van der Waals surface area contributed by atoms with Crippen molar-refractivity contribution in [2.45, 2.75) is 25.9 Å². The summed E-state index contributed by atoms with van der Waals surface area (Å²) in [6.45, 7) is 2.06. The molecule has 3 aromatic carbocycles. The first-order chi connectivity index (χ1) is 15.5. The van der Waals surface area contributed by atoms with Crippen LogP contribution < -0.4 is 10.1 Å².